The van der Waals surface area contributed by atoms with Crippen LogP contribution < -0.4 is 9.47 Å². The molecule has 0 spiro atoms. The van der Waals surface area contributed by atoms with Gasteiger partial charge in [0.25, 0.3) is 0 Å². The molecule has 1 aromatic carbocycles. The predicted molar refractivity (Wildman–Crippen MR) is 78.3 cm³/mol. The predicted octanol–water partition coefficient (Wildman–Crippen LogP) is 4.36. The topological polar surface area (TPSA) is 38.7 Å². The van der Waals surface area contributed by atoms with Crippen LogP contribution in [0.3, 0.4) is 0 Å². The molecule has 4 heteroatoms. The van der Waals surface area contributed by atoms with Gasteiger partial charge >= 0.3 is 0 Å². The van der Waals surface area contributed by atoms with E-state index < -0.39 is 6.10 Å². The summed E-state index contributed by atoms with van der Waals surface area (Å²) in [5.74, 6) is 1.30. The fourth-order valence-electron chi connectivity index (χ4n) is 1.68. The maximum atomic E-state index is 9.95. The summed E-state index contributed by atoms with van der Waals surface area (Å²) in [7, 11) is 0. The van der Waals surface area contributed by atoms with Crippen LogP contribution in [-0.2, 0) is 0 Å². The van der Waals surface area contributed by atoms with Crippen molar-refractivity contribution in [3.05, 3.63) is 22.7 Å². The van der Waals surface area contributed by atoms with Crippen LogP contribution >= 0.6 is 11.6 Å². The van der Waals surface area contributed by atoms with Crippen molar-refractivity contribution in [1.82, 2.24) is 0 Å². The lowest BCUT2D eigenvalue weighted by Gasteiger charge is -2.17. The molecule has 1 atom stereocenters. The summed E-state index contributed by atoms with van der Waals surface area (Å²) in [4.78, 5) is 0. The highest BCUT2D eigenvalue weighted by Gasteiger charge is 2.15. The quantitative estimate of drug-likeness (QED) is 0.771. The molecule has 108 valence electrons. The normalized spacial score (nSPS) is 12.3. The van der Waals surface area contributed by atoms with Crippen molar-refractivity contribution in [2.75, 3.05) is 13.2 Å². The van der Waals surface area contributed by atoms with E-state index in [4.69, 9.17) is 21.1 Å². The standard InChI is InChI=1S/C15H23ClO3/c1-4-7-18-14-9-11(13(17)6-3)12(16)10-15(14)19-8-5-2/h9-10,13,17H,4-8H2,1-3H3. The van der Waals surface area contributed by atoms with Crippen LogP contribution in [0.25, 0.3) is 0 Å². The largest absolute Gasteiger partial charge is 0.490 e. The van der Waals surface area contributed by atoms with E-state index in [1.54, 1.807) is 12.1 Å². The molecule has 1 N–H and O–H groups in total. The van der Waals surface area contributed by atoms with Gasteiger partial charge in [-0.05, 0) is 25.3 Å². The minimum Gasteiger partial charge on any atom is -0.490 e. The fraction of sp³-hybridized carbons (Fsp3) is 0.600. The van der Waals surface area contributed by atoms with Gasteiger partial charge in [0.05, 0.1) is 24.3 Å². The Morgan fingerprint density at radius 2 is 1.58 bits per heavy atom. The first-order valence-electron chi connectivity index (χ1n) is 6.91. The third kappa shape index (κ3) is 4.59. The third-order valence-corrected chi connectivity index (χ3v) is 3.06. The zero-order chi connectivity index (χ0) is 14.3. The minimum atomic E-state index is -0.572. The van der Waals surface area contributed by atoms with E-state index in [-0.39, 0.29) is 0 Å². The highest BCUT2D eigenvalue weighted by molar-refractivity contribution is 6.31. The molecular formula is C15H23ClO3. The molecule has 1 unspecified atom stereocenters. The van der Waals surface area contributed by atoms with E-state index in [0.29, 0.717) is 41.7 Å². The molecule has 0 aromatic heterocycles. The van der Waals surface area contributed by atoms with E-state index in [1.807, 2.05) is 20.8 Å². The van der Waals surface area contributed by atoms with E-state index in [9.17, 15) is 5.11 Å². The lowest BCUT2D eigenvalue weighted by atomic mass is 10.1. The van der Waals surface area contributed by atoms with E-state index >= 15 is 0 Å². The van der Waals surface area contributed by atoms with Crippen LogP contribution in [0.15, 0.2) is 12.1 Å². The average Bonchev–Trinajstić information content (AvgIpc) is 2.43. The SMILES string of the molecule is CCCOc1cc(Cl)c(C(O)CC)cc1OCCC. The number of hydrogen-bond donors (Lipinski definition) is 1. The van der Waals surface area contributed by atoms with Gasteiger partial charge in [-0.25, -0.2) is 0 Å². The molecule has 0 fully saturated rings. The van der Waals surface area contributed by atoms with Crippen LogP contribution in [-0.4, -0.2) is 18.3 Å². The summed E-state index contributed by atoms with van der Waals surface area (Å²) in [5, 5.41) is 10.5. The summed E-state index contributed by atoms with van der Waals surface area (Å²) in [6.45, 7) is 7.24. The molecule has 0 aliphatic rings. The Morgan fingerprint density at radius 1 is 1.05 bits per heavy atom. The Hall–Kier alpha value is -0.930. The van der Waals surface area contributed by atoms with Crippen molar-refractivity contribution in [3.63, 3.8) is 0 Å². The Bertz CT molecular complexity index is 393. The Balaban J connectivity index is 3.04. The second-order valence-electron chi connectivity index (χ2n) is 4.44. The van der Waals surface area contributed by atoms with Gasteiger partial charge in [-0.3, -0.25) is 0 Å². The fourth-order valence-corrected chi connectivity index (χ4v) is 1.96. The number of aliphatic hydroxyl groups excluding tert-OH is 1. The van der Waals surface area contributed by atoms with E-state index in [0.717, 1.165) is 12.8 Å². The number of aliphatic hydroxyl groups is 1. The Kier molecular flexibility index (Phi) is 7.03. The number of rotatable bonds is 8. The second-order valence-corrected chi connectivity index (χ2v) is 4.85. The zero-order valence-electron chi connectivity index (χ0n) is 11.9. The van der Waals surface area contributed by atoms with Gasteiger partial charge in [-0.15, -0.1) is 0 Å². The Morgan fingerprint density at radius 3 is 2.05 bits per heavy atom. The number of halogens is 1. The van der Waals surface area contributed by atoms with Crippen molar-refractivity contribution >= 4 is 11.6 Å². The number of ether oxygens (including phenoxy) is 2. The van der Waals surface area contributed by atoms with Gasteiger partial charge in [-0.2, -0.15) is 0 Å². The first-order valence-corrected chi connectivity index (χ1v) is 7.28. The van der Waals surface area contributed by atoms with Gasteiger partial charge in [0, 0.05) is 11.6 Å². The van der Waals surface area contributed by atoms with E-state index in [2.05, 4.69) is 0 Å². The maximum Gasteiger partial charge on any atom is 0.162 e. The molecule has 3 nitrogen and oxygen atoms in total. The molecule has 19 heavy (non-hydrogen) atoms. The molecule has 0 aliphatic carbocycles. The monoisotopic (exact) mass is 286 g/mol. The molecule has 0 saturated carbocycles. The van der Waals surface area contributed by atoms with Crippen molar-refractivity contribution < 1.29 is 14.6 Å². The molecule has 0 amide bonds. The number of benzene rings is 1. The van der Waals surface area contributed by atoms with Crippen LogP contribution in [0.2, 0.25) is 5.02 Å². The first-order chi connectivity index (χ1) is 9.13. The van der Waals surface area contributed by atoms with Crippen LogP contribution in [0.5, 0.6) is 11.5 Å². The second kappa shape index (κ2) is 8.28. The summed E-state index contributed by atoms with van der Waals surface area (Å²) in [6.07, 6.45) is 1.88. The third-order valence-electron chi connectivity index (χ3n) is 2.73. The minimum absolute atomic E-state index is 0.518. The van der Waals surface area contributed by atoms with Crippen LogP contribution in [0.1, 0.15) is 51.7 Å². The highest BCUT2D eigenvalue weighted by atomic mass is 35.5. The van der Waals surface area contributed by atoms with Crippen molar-refractivity contribution in [2.24, 2.45) is 0 Å². The molecule has 0 heterocycles. The molecule has 1 aromatic rings. The van der Waals surface area contributed by atoms with Gasteiger partial charge in [0.1, 0.15) is 0 Å². The first kappa shape index (κ1) is 16.1. The summed E-state index contributed by atoms with van der Waals surface area (Å²) < 4.78 is 11.3. The van der Waals surface area contributed by atoms with Gasteiger partial charge in [0.15, 0.2) is 11.5 Å². The van der Waals surface area contributed by atoms with E-state index in [1.165, 1.54) is 0 Å². The smallest absolute Gasteiger partial charge is 0.162 e. The van der Waals surface area contributed by atoms with Gasteiger partial charge < -0.3 is 14.6 Å². The van der Waals surface area contributed by atoms with Crippen LogP contribution in [0, 0.1) is 0 Å². The van der Waals surface area contributed by atoms with Crippen LogP contribution in [0.4, 0.5) is 0 Å². The van der Waals surface area contributed by atoms with Crippen molar-refractivity contribution in [1.29, 1.82) is 0 Å². The molecule has 0 saturated heterocycles. The lowest BCUT2D eigenvalue weighted by Crippen LogP contribution is -2.04. The molecule has 0 aliphatic heterocycles. The summed E-state index contributed by atoms with van der Waals surface area (Å²) >= 11 is 6.19. The number of hydrogen-bond acceptors (Lipinski definition) is 3. The van der Waals surface area contributed by atoms with Crippen molar-refractivity contribution in [2.45, 2.75) is 46.1 Å². The highest BCUT2D eigenvalue weighted by Crippen LogP contribution is 2.37. The average molecular weight is 287 g/mol. The zero-order valence-corrected chi connectivity index (χ0v) is 12.7. The lowest BCUT2D eigenvalue weighted by molar-refractivity contribution is 0.172. The summed E-state index contributed by atoms with van der Waals surface area (Å²) in [5.41, 5.74) is 0.694. The molecule has 1 rings (SSSR count). The van der Waals surface area contributed by atoms with Gasteiger partial charge in [0.2, 0.25) is 0 Å². The summed E-state index contributed by atoms with van der Waals surface area (Å²) in [6, 6.07) is 3.52. The van der Waals surface area contributed by atoms with Crippen molar-refractivity contribution in [3.8, 4) is 11.5 Å². The maximum absolute atomic E-state index is 9.95. The Labute approximate surface area is 120 Å². The van der Waals surface area contributed by atoms with Gasteiger partial charge in [-0.1, -0.05) is 32.4 Å². The molecule has 0 bridgehead atoms. The molecule has 0 radical (unpaired) electrons. The molecular weight excluding hydrogens is 264 g/mol.